The van der Waals surface area contributed by atoms with Crippen molar-refractivity contribution < 1.29 is 14.3 Å². The summed E-state index contributed by atoms with van der Waals surface area (Å²) in [4.78, 5) is 13.9. The van der Waals surface area contributed by atoms with Gasteiger partial charge in [-0.15, -0.1) is 21.5 Å². The van der Waals surface area contributed by atoms with E-state index in [2.05, 4.69) is 37.6 Å². The van der Waals surface area contributed by atoms with Crippen LogP contribution >= 0.6 is 23.1 Å². The first-order valence-electron chi connectivity index (χ1n) is 11.5. The molecule has 3 heterocycles. The van der Waals surface area contributed by atoms with Gasteiger partial charge >= 0.3 is 0 Å². The van der Waals surface area contributed by atoms with Crippen LogP contribution in [0.2, 0.25) is 0 Å². The first kappa shape index (κ1) is 22.3. The van der Waals surface area contributed by atoms with E-state index in [1.807, 2.05) is 24.3 Å². The lowest BCUT2D eigenvalue weighted by molar-refractivity contribution is -0.119. The Kier molecular flexibility index (Phi) is 7.16. The number of carbonyl (C=O) groups excluding carboxylic acids is 1. The Balaban J connectivity index is 1.18. The normalized spacial score (nSPS) is 18.2. The molecule has 1 amide bonds. The molecule has 5 rings (SSSR count). The number of rotatable bonds is 8. The molecular formula is C24H28N4O3S2. The predicted octanol–water partition coefficient (Wildman–Crippen LogP) is 4.48. The summed E-state index contributed by atoms with van der Waals surface area (Å²) < 4.78 is 13.9. The number of thiophene rings is 1. The Labute approximate surface area is 201 Å². The first-order chi connectivity index (χ1) is 16.3. The van der Waals surface area contributed by atoms with Gasteiger partial charge in [-0.1, -0.05) is 49.2 Å². The zero-order chi connectivity index (χ0) is 22.5. The van der Waals surface area contributed by atoms with Crippen LogP contribution in [0.4, 0.5) is 0 Å². The molecule has 1 aliphatic heterocycles. The van der Waals surface area contributed by atoms with E-state index in [-0.39, 0.29) is 12.0 Å². The van der Waals surface area contributed by atoms with Gasteiger partial charge in [0.15, 0.2) is 16.7 Å². The van der Waals surface area contributed by atoms with Crippen molar-refractivity contribution in [3.05, 3.63) is 52.5 Å². The summed E-state index contributed by atoms with van der Waals surface area (Å²) in [7, 11) is 0. The molecule has 1 unspecified atom stereocenters. The van der Waals surface area contributed by atoms with E-state index in [9.17, 15) is 4.79 Å². The quantitative estimate of drug-likeness (QED) is 0.475. The third-order valence-electron chi connectivity index (χ3n) is 6.01. The number of nitrogens with one attached hydrogen (secondary N) is 1. The number of hydrogen-bond acceptors (Lipinski definition) is 7. The Hall–Kier alpha value is -2.52. The minimum atomic E-state index is -0.197. The highest BCUT2D eigenvalue weighted by Gasteiger charge is 2.25. The van der Waals surface area contributed by atoms with E-state index in [1.54, 1.807) is 11.3 Å². The van der Waals surface area contributed by atoms with Crippen molar-refractivity contribution in [1.82, 2.24) is 20.1 Å². The summed E-state index contributed by atoms with van der Waals surface area (Å²) in [6, 6.07) is 12.2. The van der Waals surface area contributed by atoms with Crippen LogP contribution in [-0.4, -0.2) is 45.7 Å². The van der Waals surface area contributed by atoms with Crippen LogP contribution in [-0.2, 0) is 11.2 Å². The topological polar surface area (TPSA) is 78.3 Å². The molecule has 1 atom stereocenters. The SMILES string of the molecule is O=C(CSc1nnc(Cc2cccs2)n1C1CCCCC1)NCC1COc2ccccc2O1. The molecule has 1 fully saturated rings. The van der Waals surface area contributed by atoms with E-state index in [0.717, 1.165) is 41.7 Å². The third-order valence-corrected chi connectivity index (χ3v) is 7.83. The van der Waals surface area contributed by atoms with E-state index < -0.39 is 0 Å². The Morgan fingerprint density at radius 3 is 2.79 bits per heavy atom. The van der Waals surface area contributed by atoms with Gasteiger partial charge < -0.3 is 19.4 Å². The second-order valence-corrected chi connectivity index (χ2v) is 10.4. The molecule has 0 bridgehead atoms. The number of carbonyl (C=O) groups is 1. The van der Waals surface area contributed by atoms with Crippen molar-refractivity contribution in [2.45, 2.75) is 55.8 Å². The summed E-state index contributed by atoms with van der Waals surface area (Å²) in [6.45, 7) is 0.833. The van der Waals surface area contributed by atoms with Gasteiger partial charge in [0.25, 0.3) is 0 Å². The van der Waals surface area contributed by atoms with Gasteiger partial charge in [0.05, 0.1) is 12.3 Å². The lowest BCUT2D eigenvalue weighted by Crippen LogP contribution is -2.41. The van der Waals surface area contributed by atoms with Gasteiger partial charge in [0.2, 0.25) is 5.91 Å². The molecule has 0 saturated heterocycles. The van der Waals surface area contributed by atoms with Crippen molar-refractivity contribution in [2.24, 2.45) is 0 Å². The van der Waals surface area contributed by atoms with Crippen LogP contribution in [0.1, 0.15) is 48.8 Å². The third kappa shape index (κ3) is 5.52. The van der Waals surface area contributed by atoms with Crippen LogP contribution in [0.3, 0.4) is 0 Å². The zero-order valence-corrected chi connectivity index (χ0v) is 20.1. The van der Waals surface area contributed by atoms with Crippen molar-refractivity contribution in [2.75, 3.05) is 18.9 Å². The number of nitrogens with zero attached hydrogens (tertiary/aromatic N) is 3. The van der Waals surface area contributed by atoms with Crippen LogP contribution in [0.15, 0.2) is 46.9 Å². The molecule has 7 nitrogen and oxygen atoms in total. The second-order valence-electron chi connectivity index (χ2n) is 8.41. The number of fused-ring (bicyclic) bond motifs is 1. The fourth-order valence-electron chi connectivity index (χ4n) is 4.37. The maximum atomic E-state index is 12.6. The van der Waals surface area contributed by atoms with Gasteiger partial charge in [-0.05, 0) is 36.4 Å². The molecule has 0 spiro atoms. The lowest BCUT2D eigenvalue weighted by Gasteiger charge is -2.26. The molecule has 2 aromatic heterocycles. The number of aromatic nitrogens is 3. The van der Waals surface area contributed by atoms with E-state index >= 15 is 0 Å². The highest BCUT2D eigenvalue weighted by molar-refractivity contribution is 7.99. The number of hydrogen-bond donors (Lipinski definition) is 1. The molecule has 174 valence electrons. The molecule has 3 aromatic rings. The smallest absolute Gasteiger partial charge is 0.230 e. The molecular weight excluding hydrogens is 456 g/mol. The number of benzene rings is 1. The van der Waals surface area contributed by atoms with Crippen molar-refractivity contribution in [3.8, 4) is 11.5 Å². The highest BCUT2D eigenvalue weighted by atomic mass is 32.2. The van der Waals surface area contributed by atoms with Crippen LogP contribution in [0, 0.1) is 0 Å². The zero-order valence-electron chi connectivity index (χ0n) is 18.4. The van der Waals surface area contributed by atoms with E-state index in [1.165, 1.54) is 35.9 Å². The van der Waals surface area contributed by atoms with Crippen LogP contribution in [0.25, 0.3) is 0 Å². The van der Waals surface area contributed by atoms with E-state index in [0.29, 0.717) is 24.9 Å². The summed E-state index contributed by atoms with van der Waals surface area (Å²) in [6.07, 6.45) is 6.65. The fourth-order valence-corrected chi connectivity index (χ4v) is 5.93. The largest absolute Gasteiger partial charge is 0.486 e. The Morgan fingerprint density at radius 2 is 1.97 bits per heavy atom. The monoisotopic (exact) mass is 484 g/mol. The van der Waals surface area contributed by atoms with Gasteiger partial charge in [-0.25, -0.2) is 0 Å². The second kappa shape index (κ2) is 10.6. The standard InChI is InChI=1S/C24H28N4O3S2/c29-23(25-14-18-15-30-20-10-4-5-11-21(20)31-18)16-33-24-27-26-22(13-19-9-6-12-32-19)28(24)17-7-2-1-3-8-17/h4-6,9-12,17-18H,1-3,7-8,13-16H2,(H,25,29). The summed E-state index contributed by atoms with van der Waals surface area (Å²) in [5.41, 5.74) is 0. The Bertz CT molecular complexity index is 1060. The number of thioether (sulfide) groups is 1. The van der Waals surface area contributed by atoms with Crippen molar-refractivity contribution in [1.29, 1.82) is 0 Å². The van der Waals surface area contributed by atoms with Gasteiger partial charge in [-0.2, -0.15) is 0 Å². The van der Waals surface area contributed by atoms with Crippen molar-refractivity contribution >= 4 is 29.0 Å². The van der Waals surface area contributed by atoms with Gasteiger partial charge in [0.1, 0.15) is 18.5 Å². The molecule has 33 heavy (non-hydrogen) atoms. The predicted molar refractivity (Wildman–Crippen MR) is 129 cm³/mol. The van der Waals surface area contributed by atoms with Crippen LogP contribution in [0.5, 0.6) is 11.5 Å². The first-order valence-corrected chi connectivity index (χ1v) is 13.4. The number of para-hydroxylation sites is 2. The molecule has 0 radical (unpaired) electrons. The number of ether oxygens (including phenoxy) is 2. The summed E-state index contributed by atoms with van der Waals surface area (Å²) in [5, 5.41) is 14.9. The molecule has 1 aromatic carbocycles. The lowest BCUT2D eigenvalue weighted by atomic mass is 9.95. The summed E-state index contributed by atoms with van der Waals surface area (Å²) >= 11 is 3.21. The fraction of sp³-hybridized carbons (Fsp3) is 0.458. The average molecular weight is 485 g/mol. The Morgan fingerprint density at radius 1 is 1.12 bits per heavy atom. The maximum Gasteiger partial charge on any atom is 0.230 e. The van der Waals surface area contributed by atoms with Gasteiger partial charge in [0, 0.05) is 17.3 Å². The molecule has 9 heteroatoms. The minimum absolute atomic E-state index is 0.0412. The molecule has 1 saturated carbocycles. The van der Waals surface area contributed by atoms with E-state index in [4.69, 9.17) is 9.47 Å². The molecule has 1 aliphatic carbocycles. The molecule has 1 N–H and O–H groups in total. The minimum Gasteiger partial charge on any atom is -0.486 e. The maximum absolute atomic E-state index is 12.6. The number of amides is 1. The average Bonchev–Trinajstić information content (AvgIpc) is 3.52. The van der Waals surface area contributed by atoms with Crippen LogP contribution < -0.4 is 14.8 Å². The van der Waals surface area contributed by atoms with Crippen molar-refractivity contribution in [3.63, 3.8) is 0 Å². The highest BCUT2D eigenvalue weighted by Crippen LogP contribution is 2.34. The van der Waals surface area contributed by atoms with Gasteiger partial charge in [-0.3, -0.25) is 4.79 Å². The molecule has 2 aliphatic rings. The summed E-state index contributed by atoms with van der Waals surface area (Å²) in [5.74, 6) is 2.72.